The number of carboxylic acids is 1. The van der Waals surface area contributed by atoms with Gasteiger partial charge in [0.2, 0.25) is 0 Å². The normalized spacial score (nSPS) is 19.6. The SMILES string of the molecule is O=C(O)C1=CC=C(Br)C(=S)C1c1ccccc1. The first kappa shape index (κ1) is 12.2. The Labute approximate surface area is 113 Å². The van der Waals surface area contributed by atoms with E-state index in [0.717, 1.165) is 10.0 Å². The summed E-state index contributed by atoms with van der Waals surface area (Å²) in [5.41, 5.74) is 1.21. The number of hydrogen-bond donors (Lipinski definition) is 1. The highest BCUT2D eigenvalue weighted by Gasteiger charge is 2.29. The molecule has 1 aromatic carbocycles. The second-order valence-corrected chi connectivity index (χ2v) is 4.94. The summed E-state index contributed by atoms with van der Waals surface area (Å²) < 4.78 is 0.770. The highest BCUT2D eigenvalue weighted by atomic mass is 79.9. The maximum atomic E-state index is 11.2. The molecule has 0 heterocycles. The molecule has 0 amide bonds. The van der Waals surface area contributed by atoms with Crippen molar-refractivity contribution in [3.63, 3.8) is 0 Å². The minimum atomic E-state index is -0.933. The minimum absolute atomic E-state index is 0.310. The average Bonchev–Trinajstić information content (AvgIpc) is 2.33. The molecule has 1 unspecified atom stereocenters. The van der Waals surface area contributed by atoms with E-state index in [-0.39, 0.29) is 5.92 Å². The zero-order valence-electron chi connectivity index (χ0n) is 8.76. The number of hydrogen-bond acceptors (Lipinski definition) is 2. The van der Waals surface area contributed by atoms with Crippen LogP contribution >= 0.6 is 28.1 Å². The van der Waals surface area contributed by atoms with Gasteiger partial charge in [0.05, 0.1) is 5.92 Å². The van der Waals surface area contributed by atoms with E-state index in [9.17, 15) is 9.90 Å². The van der Waals surface area contributed by atoms with Gasteiger partial charge in [-0.2, -0.15) is 0 Å². The van der Waals surface area contributed by atoms with Gasteiger partial charge in [-0.1, -0.05) is 42.5 Å². The van der Waals surface area contributed by atoms with Gasteiger partial charge >= 0.3 is 5.97 Å². The van der Waals surface area contributed by atoms with Gasteiger partial charge in [0.15, 0.2) is 0 Å². The highest BCUT2D eigenvalue weighted by molar-refractivity contribution is 9.12. The van der Waals surface area contributed by atoms with Gasteiger partial charge < -0.3 is 5.11 Å². The van der Waals surface area contributed by atoms with Crippen molar-refractivity contribution in [1.82, 2.24) is 0 Å². The van der Waals surface area contributed by atoms with Crippen LogP contribution in [0.25, 0.3) is 0 Å². The van der Waals surface area contributed by atoms with Crippen LogP contribution in [0.1, 0.15) is 11.5 Å². The minimum Gasteiger partial charge on any atom is -0.478 e. The zero-order chi connectivity index (χ0) is 12.4. The first-order valence-corrected chi connectivity index (χ1v) is 6.21. The van der Waals surface area contributed by atoms with E-state index < -0.39 is 5.97 Å². The number of allylic oxidation sites excluding steroid dienone is 3. The van der Waals surface area contributed by atoms with Crippen molar-refractivity contribution < 1.29 is 9.90 Å². The Bertz CT molecular complexity index is 532. The molecule has 1 N–H and O–H groups in total. The van der Waals surface area contributed by atoms with Crippen LogP contribution in [0.4, 0.5) is 0 Å². The third-order valence-corrected chi connectivity index (χ3v) is 4.01. The molecule has 2 rings (SSSR count). The Balaban J connectivity index is 2.51. The maximum Gasteiger partial charge on any atom is 0.332 e. The van der Waals surface area contributed by atoms with E-state index >= 15 is 0 Å². The van der Waals surface area contributed by atoms with Gasteiger partial charge in [-0.3, -0.25) is 0 Å². The lowest BCUT2D eigenvalue weighted by Gasteiger charge is -2.22. The van der Waals surface area contributed by atoms with Crippen LogP contribution in [0.2, 0.25) is 0 Å². The molecule has 4 heteroatoms. The van der Waals surface area contributed by atoms with Gasteiger partial charge in [-0.05, 0) is 33.6 Å². The Morgan fingerprint density at radius 3 is 2.47 bits per heavy atom. The summed E-state index contributed by atoms with van der Waals surface area (Å²) in [4.78, 5) is 11.8. The lowest BCUT2D eigenvalue weighted by Crippen LogP contribution is -2.21. The van der Waals surface area contributed by atoms with Crippen molar-refractivity contribution in [2.45, 2.75) is 5.92 Å². The van der Waals surface area contributed by atoms with Crippen LogP contribution in [-0.4, -0.2) is 15.9 Å². The van der Waals surface area contributed by atoms with Crippen molar-refractivity contribution in [2.24, 2.45) is 0 Å². The third-order valence-electron chi connectivity index (χ3n) is 2.60. The predicted molar refractivity (Wildman–Crippen MR) is 74.5 cm³/mol. The molecule has 86 valence electrons. The topological polar surface area (TPSA) is 37.3 Å². The molecular weight excluding hydrogens is 300 g/mol. The summed E-state index contributed by atoms with van der Waals surface area (Å²) in [7, 11) is 0. The Hall–Kier alpha value is -1.26. The molecule has 2 nitrogen and oxygen atoms in total. The number of benzene rings is 1. The molecule has 1 aliphatic rings. The molecule has 0 bridgehead atoms. The summed E-state index contributed by atoms with van der Waals surface area (Å²) in [6.07, 6.45) is 3.28. The summed E-state index contributed by atoms with van der Waals surface area (Å²) in [6.45, 7) is 0. The van der Waals surface area contributed by atoms with Crippen LogP contribution < -0.4 is 0 Å². The van der Waals surface area contributed by atoms with Crippen molar-refractivity contribution in [3.8, 4) is 0 Å². The summed E-state index contributed by atoms with van der Waals surface area (Å²) >= 11 is 8.66. The van der Waals surface area contributed by atoms with Crippen LogP contribution in [0.3, 0.4) is 0 Å². The number of carboxylic acid groups (broad SMARTS) is 1. The van der Waals surface area contributed by atoms with Gasteiger partial charge in [0, 0.05) is 14.9 Å². The quantitative estimate of drug-likeness (QED) is 0.850. The summed E-state index contributed by atoms with van der Waals surface area (Å²) in [6, 6.07) is 9.43. The summed E-state index contributed by atoms with van der Waals surface area (Å²) in [5.74, 6) is -1.29. The largest absolute Gasteiger partial charge is 0.478 e. The molecule has 0 aromatic heterocycles. The molecule has 1 aromatic rings. The van der Waals surface area contributed by atoms with Gasteiger partial charge in [-0.25, -0.2) is 4.79 Å². The van der Waals surface area contributed by atoms with Crippen LogP contribution in [0.15, 0.2) is 52.5 Å². The summed E-state index contributed by atoms with van der Waals surface area (Å²) in [5, 5.41) is 9.20. The molecular formula is C13H9BrO2S. The number of halogens is 1. The van der Waals surface area contributed by atoms with E-state index in [1.807, 2.05) is 30.3 Å². The number of thiocarbonyl (C=S) groups is 1. The van der Waals surface area contributed by atoms with Crippen molar-refractivity contribution >= 4 is 39.0 Å². The first-order chi connectivity index (χ1) is 8.11. The van der Waals surface area contributed by atoms with Crippen LogP contribution in [0, 0.1) is 0 Å². The molecule has 1 atom stereocenters. The standard InChI is InChI=1S/C13H9BrO2S/c14-10-7-6-9(13(15)16)11(12(10)17)8-4-2-1-3-5-8/h1-7,11H,(H,15,16). The Morgan fingerprint density at radius 2 is 1.88 bits per heavy atom. The molecule has 17 heavy (non-hydrogen) atoms. The highest BCUT2D eigenvalue weighted by Crippen LogP contribution is 2.34. The lowest BCUT2D eigenvalue weighted by molar-refractivity contribution is -0.132. The third kappa shape index (κ3) is 2.37. The van der Waals surface area contributed by atoms with E-state index in [4.69, 9.17) is 12.2 Å². The van der Waals surface area contributed by atoms with Crippen LogP contribution in [0.5, 0.6) is 0 Å². The molecule has 0 fully saturated rings. The second-order valence-electron chi connectivity index (χ2n) is 3.65. The average molecular weight is 309 g/mol. The van der Waals surface area contributed by atoms with E-state index in [1.165, 1.54) is 0 Å². The molecule has 0 radical (unpaired) electrons. The fraction of sp³-hybridized carbons (Fsp3) is 0.0769. The number of aliphatic carboxylic acids is 1. The lowest BCUT2D eigenvalue weighted by atomic mass is 9.85. The van der Waals surface area contributed by atoms with Crippen molar-refractivity contribution in [2.75, 3.05) is 0 Å². The number of rotatable bonds is 2. The van der Waals surface area contributed by atoms with Gasteiger partial charge in [0.1, 0.15) is 0 Å². The van der Waals surface area contributed by atoms with E-state index in [1.54, 1.807) is 12.2 Å². The smallest absolute Gasteiger partial charge is 0.332 e. The van der Waals surface area contributed by atoms with E-state index in [2.05, 4.69) is 15.9 Å². The molecule has 1 aliphatic carbocycles. The molecule has 0 saturated heterocycles. The molecule has 0 saturated carbocycles. The molecule has 0 spiro atoms. The van der Waals surface area contributed by atoms with Crippen molar-refractivity contribution in [3.05, 3.63) is 58.1 Å². The molecule has 0 aliphatic heterocycles. The fourth-order valence-electron chi connectivity index (χ4n) is 1.79. The zero-order valence-corrected chi connectivity index (χ0v) is 11.2. The van der Waals surface area contributed by atoms with Gasteiger partial charge in [-0.15, -0.1) is 0 Å². The van der Waals surface area contributed by atoms with Crippen molar-refractivity contribution in [1.29, 1.82) is 0 Å². The van der Waals surface area contributed by atoms with Crippen LogP contribution in [-0.2, 0) is 4.79 Å². The monoisotopic (exact) mass is 308 g/mol. The van der Waals surface area contributed by atoms with Gasteiger partial charge in [0.25, 0.3) is 0 Å². The first-order valence-electron chi connectivity index (χ1n) is 5.01. The Morgan fingerprint density at radius 1 is 1.24 bits per heavy atom. The number of carbonyl (C=O) groups is 1. The second kappa shape index (κ2) is 4.94. The predicted octanol–water partition coefficient (Wildman–Crippen LogP) is 3.44. The van der Waals surface area contributed by atoms with E-state index in [0.29, 0.717) is 10.4 Å². The Kier molecular flexibility index (Phi) is 3.54. The maximum absolute atomic E-state index is 11.2. The fourth-order valence-corrected chi connectivity index (χ4v) is 2.48.